The van der Waals surface area contributed by atoms with Crippen molar-refractivity contribution in [2.75, 3.05) is 0 Å². The minimum atomic E-state index is -0.243. The van der Waals surface area contributed by atoms with E-state index in [1.807, 2.05) is 50.2 Å². The van der Waals surface area contributed by atoms with Crippen molar-refractivity contribution in [3.05, 3.63) is 98.2 Å². The lowest BCUT2D eigenvalue weighted by molar-refractivity contribution is -0.122. The summed E-state index contributed by atoms with van der Waals surface area (Å²) in [6, 6.07) is 15.9. The van der Waals surface area contributed by atoms with Crippen molar-refractivity contribution < 1.29 is 4.79 Å². The van der Waals surface area contributed by atoms with Crippen LogP contribution >= 0.6 is 11.6 Å². The number of hydrogen-bond donors (Lipinski definition) is 1. The highest BCUT2D eigenvalue weighted by Gasteiger charge is 2.22. The summed E-state index contributed by atoms with van der Waals surface area (Å²) in [4.78, 5) is 26.2. The second-order valence-corrected chi connectivity index (χ2v) is 9.43. The number of hydrogen-bond acceptors (Lipinski definition) is 3. The topological polar surface area (TPSA) is 68.9 Å². The summed E-state index contributed by atoms with van der Waals surface area (Å²) in [6.45, 7) is 4.46. The van der Waals surface area contributed by atoms with Crippen LogP contribution in [0.1, 0.15) is 47.0 Å². The standard InChI is InChI=1S/C27H27ClN4O2/c1-17-23-14-29-32(16-25(33)30-24-9-5-7-20-6-3-4-8-22(20)24)27(34)26(23)18(2)31(17)15-19-10-12-21(28)13-11-19/h3-4,6,8,10-14,24H,5,7,9,15-16H2,1-2H3,(H,30,33). The number of carbonyl (C=O) groups is 1. The van der Waals surface area contributed by atoms with E-state index in [2.05, 4.69) is 27.1 Å². The Morgan fingerprint density at radius 3 is 2.68 bits per heavy atom. The number of nitrogens with zero attached hydrogens (tertiary/aromatic N) is 3. The van der Waals surface area contributed by atoms with E-state index in [-0.39, 0.29) is 24.1 Å². The predicted molar refractivity (Wildman–Crippen MR) is 134 cm³/mol. The number of nitrogens with one attached hydrogen (secondary N) is 1. The van der Waals surface area contributed by atoms with Crippen molar-refractivity contribution in [3.8, 4) is 0 Å². The molecule has 0 saturated heterocycles. The molecule has 1 aliphatic carbocycles. The van der Waals surface area contributed by atoms with E-state index in [9.17, 15) is 9.59 Å². The number of halogens is 1. The molecule has 2 heterocycles. The van der Waals surface area contributed by atoms with Crippen molar-refractivity contribution >= 4 is 28.3 Å². The molecule has 7 heteroatoms. The fourth-order valence-electron chi connectivity index (χ4n) is 5.05. The van der Waals surface area contributed by atoms with Crippen molar-refractivity contribution in [3.63, 3.8) is 0 Å². The highest BCUT2D eigenvalue weighted by Crippen LogP contribution is 2.29. The number of carbonyl (C=O) groups excluding carboxylic acids is 1. The van der Waals surface area contributed by atoms with Crippen molar-refractivity contribution in [2.45, 2.75) is 52.2 Å². The summed E-state index contributed by atoms with van der Waals surface area (Å²) < 4.78 is 3.38. The van der Waals surface area contributed by atoms with Gasteiger partial charge in [-0.3, -0.25) is 9.59 Å². The van der Waals surface area contributed by atoms with E-state index in [0.717, 1.165) is 41.6 Å². The molecule has 0 fully saturated rings. The van der Waals surface area contributed by atoms with Crippen LogP contribution in [0.3, 0.4) is 0 Å². The molecule has 1 N–H and O–H groups in total. The first-order valence-corrected chi connectivity index (χ1v) is 12.0. The van der Waals surface area contributed by atoms with Crippen molar-refractivity contribution in [2.24, 2.45) is 0 Å². The molecule has 2 aromatic heterocycles. The molecular weight excluding hydrogens is 448 g/mol. The number of aromatic nitrogens is 3. The molecule has 6 nitrogen and oxygen atoms in total. The van der Waals surface area contributed by atoms with Gasteiger partial charge in [0.1, 0.15) is 6.54 Å². The molecule has 4 aromatic rings. The summed E-state index contributed by atoms with van der Waals surface area (Å²) in [5.74, 6) is -0.203. The van der Waals surface area contributed by atoms with Crippen LogP contribution in [0.25, 0.3) is 10.8 Å². The van der Waals surface area contributed by atoms with Crippen LogP contribution in [-0.2, 0) is 24.3 Å². The lowest BCUT2D eigenvalue weighted by atomic mass is 9.88. The van der Waals surface area contributed by atoms with Gasteiger partial charge < -0.3 is 9.88 Å². The smallest absolute Gasteiger partial charge is 0.276 e. The maximum atomic E-state index is 13.3. The molecule has 0 spiro atoms. The highest BCUT2D eigenvalue weighted by molar-refractivity contribution is 6.30. The van der Waals surface area contributed by atoms with Gasteiger partial charge in [-0.15, -0.1) is 0 Å². The third-order valence-corrected chi connectivity index (χ3v) is 7.11. The van der Waals surface area contributed by atoms with E-state index >= 15 is 0 Å². The van der Waals surface area contributed by atoms with Gasteiger partial charge in [0.25, 0.3) is 5.56 Å². The Morgan fingerprint density at radius 2 is 1.88 bits per heavy atom. The Balaban J connectivity index is 1.40. The van der Waals surface area contributed by atoms with Crippen molar-refractivity contribution in [1.82, 2.24) is 19.7 Å². The fourth-order valence-corrected chi connectivity index (χ4v) is 5.17. The van der Waals surface area contributed by atoms with Crippen LogP contribution in [0, 0.1) is 13.8 Å². The first-order valence-electron chi connectivity index (χ1n) is 11.6. The molecule has 1 amide bonds. The Labute approximate surface area is 203 Å². The van der Waals surface area contributed by atoms with E-state index in [1.54, 1.807) is 6.20 Å². The Hall–Kier alpha value is -3.38. The van der Waals surface area contributed by atoms with Gasteiger partial charge in [0.2, 0.25) is 5.91 Å². The molecule has 1 aliphatic rings. The molecule has 2 aromatic carbocycles. The quantitative estimate of drug-likeness (QED) is 0.455. The molecule has 0 aliphatic heterocycles. The second kappa shape index (κ2) is 9.11. The molecule has 1 unspecified atom stereocenters. The van der Waals surface area contributed by atoms with Gasteiger partial charge in [-0.05, 0) is 61.9 Å². The fraction of sp³-hybridized carbons (Fsp3) is 0.296. The number of rotatable bonds is 5. The molecular formula is C27H27ClN4O2. The molecule has 0 radical (unpaired) electrons. The number of aryl methyl sites for hydroxylation is 3. The lowest BCUT2D eigenvalue weighted by Crippen LogP contribution is -2.36. The van der Waals surface area contributed by atoms with Crippen LogP contribution in [0.5, 0.6) is 0 Å². The van der Waals surface area contributed by atoms with Gasteiger partial charge in [0.15, 0.2) is 0 Å². The number of fused-ring (bicyclic) bond motifs is 2. The van der Waals surface area contributed by atoms with E-state index in [1.165, 1.54) is 15.8 Å². The summed E-state index contributed by atoms with van der Waals surface area (Å²) in [5.41, 5.74) is 5.14. The predicted octanol–water partition coefficient (Wildman–Crippen LogP) is 4.71. The summed E-state index contributed by atoms with van der Waals surface area (Å²) >= 11 is 6.02. The molecule has 5 rings (SSSR count). The lowest BCUT2D eigenvalue weighted by Gasteiger charge is -2.26. The van der Waals surface area contributed by atoms with Crippen LogP contribution in [-0.4, -0.2) is 20.3 Å². The summed E-state index contributed by atoms with van der Waals surface area (Å²) in [5, 5.41) is 9.56. The van der Waals surface area contributed by atoms with Crippen molar-refractivity contribution in [1.29, 1.82) is 0 Å². The van der Waals surface area contributed by atoms with Crippen LogP contribution in [0.2, 0.25) is 5.02 Å². The Kier molecular flexibility index (Phi) is 6.00. The first-order chi connectivity index (χ1) is 16.4. The van der Waals surface area contributed by atoms with Gasteiger partial charge in [0.05, 0.1) is 17.6 Å². The third kappa shape index (κ3) is 4.14. The zero-order chi connectivity index (χ0) is 23.8. The Bertz CT molecular complexity index is 1440. The molecule has 0 bridgehead atoms. The largest absolute Gasteiger partial charge is 0.348 e. The van der Waals surface area contributed by atoms with E-state index in [4.69, 9.17) is 11.6 Å². The van der Waals surface area contributed by atoms with Gasteiger partial charge in [-0.1, -0.05) is 48.0 Å². The van der Waals surface area contributed by atoms with E-state index in [0.29, 0.717) is 17.0 Å². The number of amides is 1. The zero-order valence-electron chi connectivity index (χ0n) is 19.3. The van der Waals surface area contributed by atoms with Crippen LogP contribution in [0.15, 0.2) is 59.5 Å². The highest BCUT2D eigenvalue weighted by atomic mass is 35.5. The summed E-state index contributed by atoms with van der Waals surface area (Å²) in [7, 11) is 0. The van der Waals surface area contributed by atoms with Gasteiger partial charge >= 0.3 is 0 Å². The van der Waals surface area contributed by atoms with E-state index < -0.39 is 0 Å². The molecule has 174 valence electrons. The minimum Gasteiger partial charge on any atom is -0.348 e. The normalized spacial score (nSPS) is 15.3. The van der Waals surface area contributed by atoms with Gasteiger partial charge in [0, 0.05) is 28.3 Å². The second-order valence-electron chi connectivity index (χ2n) is 8.99. The molecule has 0 saturated carbocycles. The molecule has 34 heavy (non-hydrogen) atoms. The SMILES string of the molecule is Cc1c2cnn(CC(=O)NC3CCCc4ccccc43)c(=O)c2c(C)n1Cc1ccc(Cl)cc1. The molecule has 1 atom stereocenters. The monoisotopic (exact) mass is 474 g/mol. The van der Waals surface area contributed by atoms with Gasteiger partial charge in [-0.25, -0.2) is 4.68 Å². The first kappa shape index (κ1) is 22.4. The number of benzene rings is 2. The minimum absolute atomic E-state index is 0.0266. The average Bonchev–Trinajstić information content (AvgIpc) is 3.07. The van der Waals surface area contributed by atoms with Gasteiger partial charge in [-0.2, -0.15) is 5.10 Å². The van der Waals surface area contributed by atoms with Crippen LogP contribution < -0.4 is 10.9 Å². The zero-order valence-corrected chi connectivity index (χ0v) is 20.1. The third-order valence-electron chi connectivity index (χ3n) is 6.86. The summed E-state index contributed by atoms with van der Waals surface area (Å²) in [6.07, 6.45) is 4.66. The maximum absolute atomic E-state index is 13.3. The average molecular weight is 475 g/mol. The van der Waals surface area contributed by atoms with Crippen LogP contribution in [0.4, 0.5) is 0 Å². The maximum Gasteiger partial charge on any atom is 0.276 e. The Morgan fingerprint density at radius 1 is 1.12 bits per heavy atom.